The topological polar surface area (TPSA) is 94.1 Å². The number of unbranched alkanes of at least 4 members (excludes halogenated alkanes) is 15. The number of likely N-dealkylation sites (N-methyl/N-ethyl adjacent to an activating group) is 1. The number of allylic oxidation sites excluding steroid dienone is 10. The molecule has 0 amide bonds. The minimum absolute atomic E-state index is 0.0171. The van der Waals surface area contributed by atoms with Gasteiger partial charge in [-0.1, -0.05) is 139 Å². The number of phosphoric ester groups is 1. The number of hydrogen-bond donors (Lipinski definition) is 0. The van der Waals surface area contributed by atoms with Crippen molar-refractivity contribution in [3.05, 3.63) is 60.8 Å². The van der Waals surface area contributed by atoms with Gasteiger partial charge in [-0.2, -0.15) is 0 Å². The van der Waals surface area contributed by atoms with Crippen molar-refractivity contribution in [1.29, 1.82) is 0 Å². The van der Waals surface area contributed by atoms with E-state index in [-0.39, 0.29) is 25.8 Å². The molecule has 0 aromatic heterocycles. The van der Waals surface area contributed by atoms with Crippen LogP contribution in [-0.2, 0) is 27.9 Å². The smallest absolute Gasteiger partial charge is 0.306 e. The van der Waals surface area contributed by atoms with Gasteiger partial charge in [0, 0.05) is 13.0 Å². The lowest BCUT2D eigenvalue weighted by atomic mass is 10.1. The van der Waals surface area contributed by atoms with E-state index in [1.54, 1.807) is 0 Å². The molecule has 0 spiro atoms. The lowest BCUT2D eigenvalue weighted by Crippen LogP contribution is -2.37. The molecule has 0 radical (unpaired) electrons. The Bertz CT molecular complexity index is 1050. The molecular weight excluding hydrogens is 697 g/mol. The van der Waals surface area contributed by atoms with Gasteiger partial charge in [0.25, 0.3) is 7.82 Å². The van der Waals surface area contributed by atoms with Gasteiger partial charge in [0.2, 0.25) is 0 Å². The Morgan fingerprint density at radius 1 is 0.593 bits per heavy atom. The summed E-state index contributed by atoms with van der Waals surface area (Å²) in [7, 11) is 1.33. The maximum atomic E-state index is 12.7. The van der Waals surface area contributed by atoms with Crippen LogP contribution in [0, 0.1) is 0 Å². The van der Waals surface area contributed by atoms with Crippen LogP contribution in [0.15, 0.2) is 60.8 Å². The van der Waals surface area contributed by atoms with E-state index in [0.29, 0.717) is 24.1 Å². The highest BCUT2D eigenvalue weighted by molar-refractivity contribution is 7.45. The van der Waals surface area contributed by atoms with E-state index in [1.807, 2.05) is 21.1 Å². The number of phosphoric acid groups is 1. The summed E-state index contributed by atoms with van der Waals surface area (Å²) in [6.07, 6.45) is 46.6. The minimum atomic E-state index is -4.53. The van der Waals surface area contributed by atoms with Crippen molar-refractivity contribution in [3.8, 4) is 0 Å². The van der Waals surface area contributed by atoms with E-state index < -0.39 is 13.9 Å². The predicted octanol–water partition coefficient (Wildman–Crippen LogP) is 11.9. The van der Waals surface area contributed by atoms with Gasteiger partial charge in [-0.25, -0.2) is 0 Å². The van der Waals surface area contributed by atoms with Crippen LogP contribution in [0.3, 0.4) is 0 Å². The maximum absolute atomic E-state index is 12.7. The van der Waals surface area contributed by atoms with Crippen LogP contribution in [-0.4, -0.2) is 70.7 Å². The molecule has 0 saturated heterocycles. The Balaban J connectivity index is 4.30. The number of hydrogen-bond acceptors (Lipinski definition) is 7. The molecule has 0 aliphatic carbocycles. The van der Waals surface area contributed by atoms with Gasteiger partial charge >= 0.3 is 5.97 Å². The summed E-state index contributed by atoms with van der Waals surface area (Å²) >= 11 is 0. The molecule has 314 valence electrons. The predicted molar refractivity (Wildman–Crippen MR) is 226 cm³/mol. The molecule has 0 fully saturated rings. The van der Waals surface area contributed by atoms with Crippen LogP contribution >= 0.6 is 7.82 Å². The van der Waals surface area contributed by atoms with E-state index in [2.05, 4.69) is 74.6 Å². The molecule has 0 aliphatic heterocycles. The van der Waals surface area contributed by atoms with Crippen molar-refractivity contribution in [2.24, 2.45) is 0 Å². The fourth-order valence-electron chi connectivity index (χ4n) is 5.47. The number of quaternary nitrogens is 1. The standard InChI is InChI=1S/C45H82NO7P/c1-6-8-10-12-14-16-18-20-22-23-24-25-26-28-30-32-34-36-38-45(47)53-44(43-52-54(48,49)51-41-39-46(3,4)5)42-50-40-37-35-33-31-29-27-21-19-17-15-13-11-9-7-2/h9,11,15-18,21-23,27,44H,6-8,10,12-14,19-20,24-26,28-43H2,1-5H3/b11-9-,17-15-,18-16-,23-22-,27-21-. The summed E-state index contributed by atoms with van der Waals surface area (Å²) in [6.45, 7) is 5.20. The van der Waals surface area contributed by atoms with Crippen molar-refractivity contribution >= 4 is 13.8 Å². The normalized spacial score (nSPS) is 14.4. The molecule has 0 rings (SSSR count). The minimum Gasteiger partial charge on any atom is -0.756 e. The SMILES string of the molecule is CC/C=C\C/C=C\C/C=C\CCCCCCOCC(COP(=O)([O-])OCC[N+](C)(C)C)OC(=O)CCCCCCCCC/C=C\C/C=C\CCCCCC. The summed E-state index contributed by atoms with van der Waals surface area (Å²) in [6, 6.07) is 0. The zero-order valence-corrected chi connectivity index (χ0v) is 36.3. The van der Waals surface area contributed by atoms with E-state index in [9.17, 15) is 14.3 Å². The van der Waals surface area contributed by atoms with Crippen LogP contribution in [0.25, 0.3) is 0 Å². The lowest BCUT2D eigenvalue weighted by molar-refractivity contribution is -0.870. The second kappa shape index (κ2) is 38.1. The van der Waals surface area contributed by atoms with Gasteiger partial charge < -0.3 is 27.9 Å². The fraction of sp³-hybridized carbons (Fsp3) is 0.756. The average Bonchev–Trinajstić information content (AvgIpc) is 3.12. The average molecular weight is 780 g/mol. The van der Waals surface area contributed by atoms with Crippen molar-refractivity contribution in [1.82, 2.24) is 0 Å². The van der Waals surface area contributed by atoms with E-state index in [0.717, 1.165) is 83.5 Å². The van der Waals surface area contributed by atoms with Gasteiger partial charge in [0.05, 0.1) is 34.4 Å². The molecule has 9 heteroatoms. The van der Waals surface area contributed by atoms with Crippen molar-refractivity contribution in [2.75, 3.05) is 54.1 Å². The first-order valence-electron chi connectivity index (χ1n) is 21.5. The third-order valence-corrected chi connectivity index (χ3v) is 9.77. The molecule has 0 aromatic rings. The number of nitrogens with zero attached hydrogens (tertiary/aromatic N) is 1. The highest BCUT2D eigenvalue weighted by Gasteiger charge is 2.20. The molecule has 2 unspecified atom stereocenters. The zero-order valence-electron chi connectivity index (χ0n) is 35.4. The van der Waals surface area contributed by atoms with Gasteiger partial charge in [0.1, 0.15) is 19.3 Å². The van der Waals surface area contributed by atoms with Crippen molar-refractivity contribution in [3.63, 3.8) is 0 Å². The Morgan fingerprint density at radius 2 is 1.07 bits per heavy atom. The second-order valence-corrected chi connectivity index (χ2v) is 16.7. The molecule has 54 heavy (non-hydrogen) atoms. The molecular formula is C45H82NO7P. The van der Waals surface area contributed by atoms with Crippen molar-refractivity contribution < 1.29 is 37.3 Å². The molecule has 0 aromatic carbocycles. The Morgan fingerprint density at radius 3 is 1.61 bits per heavy atom. The van der Waals surface area contributed by atoms with Gasteiger partial charge in [0.15, 0.2) is 0 Å². The number of esters is 1. The van der Waals surface area contributed by atoms with E-state index in [1.165, 1.54) is 57.8 Å². The zero-order chi connectivity index (χ0) is 39.9. The van der Waals surface area contributed by atoms with Gasteiger partial charge in [-0.15, -0.1) is 0 Å². The first-order valence-corrected chi connectivity index (χ1v) is 23.0. The molecule has 0 bridgehead atoms. The molecule has 2 atom stereocenters. The van der Waals surface area contributed by atoms with Gasteiger partial charge in [-0.05, 0) is 77.0 Å². The largest absolute Gasteiger partial charge is 0.756 e. The number of rotatable bonds is 39. The van der Waals surface area contributed by atoms with Crippen LogP contribution in [0.4, 0.5) is 0 Å². The summed E-state index contributed by atoms with van der Waals surface area (Å²) in [4.78, 5) is 25.0. The highest BCUT2D eigenvalue weighted by Crippen LogP contribution is 2.38. The Labute approximate surface area is 332 Å². The summed E-state index contributed by atoms with van der Waals surface area (Å²) in [5.41, 5.74) is 0. The highest BCUT2D eigenvalue weighted by atomic mass is 31.2. The number of ether oxygens (including phenoxy) is 2. The summed E-state index contributed by atoms with van der Waals surface area (Å²) < 4.78 is 34.5. The number of carbonyl (C=O) groups is 1. The van der Waals surface area contributed by atoms with E-state index >= 15 is 0 Å². The maximum Gasteiger partial charge on any atom is 0.306 e. The molecule has 0 saturated carbocycles. The van der Waals surface area contributed by atoms with E-state index in [4.69, 9.17) is 18.5 Å². The molecule has 0 heterocycles. The first-order chi connectivity index (χ1) is 26.1. The van der Waals surface area contributed by atoms with Crippen molar-refractivity contribution in [2.45, 2.75) is 168 Å². The Kier molecular flexibility index (Phi) is 36.8. The molecule has 0 aliphatic rings. The van der Waals surface area contributed by atoms with Crippen LogP contribution in [0.2, 0.25) is 0 Å². The summed E-state index contributed by atoms with van der Waals surface area (Å²) in [5, 5.41) is 0. The summed E-state index contributed by atoms with van der Waals surface area (Å²) in [5.74, 6) is -0.353. The van der Waals surface area contributed by atoms with Crippen LogP contribution in [0.1, 0.15) is 162 Å². The third kappa shape index (κ3) is 41.4. The van der Waals surface area contributed by atoms with Crippen LogP contribution < -0.4 is 4.89 Å². The quantitative estimate of drug-likeness (QED) is 0.0202. The van der Waals surface area contributed by atoms with Gasteiger partial charge in [-0.3, -0.25) is 9.36 Å². The van der Waals surface area contributed by atoms with Crippen LogP contribution in [0.5, 0.6) is 0 Å². The second-order valence-electron chi connectivity index (χ2n) is 15.3. The lowest BCUT2D eigenvalue weighted by Gasteiger charge is -2.28. The molecule has 8 nitrogen and oxygen atoms in total. The Hall–Kier alpha value is -1.80. The monoisotopic (exact) mass is 780 g/mol. The molecule has 0 N–H and O–H groups in total. The third-order valence-electron chi connectivity index (χ3n) is 8.80. The number of carbonyl (C=O) groups excluding carboxylic acids is 1. The first kappa shape index (κ1) is 52.2. The fourth-order valence-corrected chi connectivity index (χ4v) is 6.20.